The zero-order valence-electron chi connectivity index (χ0n) is 43.0. The smallest absolute Gasteiger partial charge is 0.273 e. The number of aliphatic hydroxyl groups excluding tert-OH is 1. The molecule has 1 unspecified atom stereocenters. The van der Waals surface area contributed by atoms with Crippen molar-refractivity contribution >= 4 is 63.8 Å². The van der Waals surface area contributed by atoms with E-state index in [1.807, 2.05) is 57.5 Å². The molecule has 20 nitrogen and oxygen atoms in total. The maximum absolute atomic E-state index is 14.1. The van der Waals surface area contributed by atoms with Crippen LogP contribution in [0.2, 0.25) is 0 Å². The van der Waals surface area contributed by atoms with E-state index in [1.54, 1.807) is 46.6 Å². The molecule has 0 aliphatic heterocycles. The second kappa shape index (κ2) is 25.2. The molecule has 74 heavy (non-hydrogen) atoms. The number of ketones is 1. The van der Waals surface area contributed by atoms with Gasteiger partial charge in [0.15, 0.2) is 28.9 Å². The van der Waals surface area contributed by atoms with Gasteiger partial charge in [-0.1, -0.05) is 70.4 Å². The van der Waals surface area contributed by atoms with Crippen LogP contribution in [0.1, 0.15) is 113 Å². The summed E-state index contributed by atoms with van der Waals surface area (Å²) in [4.78, 5) is 88.5. The first-order valence-electron chi connectivity index (χ1n) is 25.3. The fourth-order valence-corrected chi connectivity index (χ4v) is 9.87. The molecule has 21 heteroatoms. The number of carbonyl (C=O) groups excluding carboxylic acids is 6. The number of nitrogens with one attached hydrogen (secondary N) is 6. The van der Waals surface area contributed by atoms with Crippen LogP contribution in [0.5, 0.6) is 5.75 Å². The van der Waals surface area contributed by atoms with Crippen LogP contribution in [0.3, 0.4) is 0 Å². The van der Waals surface area contributed by atoms with Crippen molar-refractivity contribution in [2.75, 3.05) is 31.3 Å². The Hall–Kier alpha value is -7.13. The van der Waals surface area contributed by atoms with E-state index >= 15 is 0 Å². The Balaban J connectivity index is 0.803. The van der Waals surface area contributed by atoms with Crippen LogP contribution in [-0.4, -0.2) is 103 Å². The molecular weight excluding hydrogens is 965 g/mol. The standard InChI is InChI=1S/C53H68N12O8S/c1-31-47(74-30-58-31)33-19-17-32(18-20-33)28-56-51(71)38-26-35(66)25-37(38)45(69)48(53(2,3)4)61-43(68)16-11-9-7-8-10-15-42(67)55-23-24-65-29-57-49(64-65)36-13-12-14-39(46(36)73-6)59-40-27-41(60-50(70)34-21-22-34)62-63-44(40)52(72)54-5/h12-14,17-20,27,29-30,34-35,37-38,48,66H,7-11,15-16,21-26,28H2,1-6H3,(H,54,72)(H,55,67)(H,56,71)(H,61,68)(H2,59,60,62,70)/t35-,37?,38+,48+/m0/s1. The summed E-state index contributed by atoms with van der Waals surface area (Å²) in [6, 6.07) is 14.0. The molecule has 0 radical (unpaired) electrons. The highest BCUT2D eigenvalue weighted by atomic mass is 32.1. The predicted molar refractivity (Wildman–Crippen MR) is 280 cm³/mol. The number of amides is 5. The third-order valence-electron chi connectivity index (χ3n) is 13.3. The molecule has 2 aliphatic carbocycles. The molecule has 2 saturated carbocycles. The predicted octanol–water partition coefficient (Wildman–Crippen LogP) is 6.28. The monoisotopic (exact) mass is 1030 g/mol. The van der Waals surface area contributed by atoms with Crippen LogP contribution in [0.4, 0.5) is 17.2 Å². The van der Waals surface area contributed by atoms with Crippen molar-refractivity contribution in [3.05, 3.63) is 77.3 Å². The van der Waals surface area contributed by atoms with Gasteiger partial charge in [-0.15, -0.1) is 21.5 Å². The normalized spacial score (nSPS) is 16.7. The number of rotatable bonds is 25. The van der Waals surface area contributed by atoms with Gasteiger partial charge in [0.05, 0.1) is 64.7 Å². The third kappa shape index (κ3) is 14.5. The molecule has 0 bridgehead atoms. The first-order chi connectivity index (χ1) is 35.5. The van der Waals surface area contributed by atoms with E-state index in [1.165, 1.54) is 14.2 Å². The first kappa shape index (κ1) is 54.6. The number of carbonyl (C=O) groups is 6. The summed E-state index contributed by atoms with van der Waals surface area (Å²) in [5, 5.41) is 40.8. The van der Waals surface area contributed by atoms with Crippen molar-refractivity contribution in [2.45, 2.75) is 124 Å². The highest BCUT2D eigenvalue weighted by Gasteiger charge is 2.46. The maximum atomic E-state index is 14.1. The molecule has 5 aromatic rings. The Kier molecular flexibility index (Phi) is 18.6. The Morgan fingerprint density at radius 2 is 1.58 bits per heavy atom. The van der Waals surface area contributed by atoms with Crippen LogP contribution in [0.25, 0.3) is 21.8 Å². The van der Waals surface area contributed by atoms with Gasteiger partial charge in [0.25, 0.3) is 5.91 Å². The number of anilines is 3. The zero-order chi connectivity index (χ0) is 52.9. The Labute approximate surface area is 435 Å². The van der Waals surface area contributed by atoms with E-state index in [0.29, 0.717) is 60.9 Å². The summed E-state index contributed by atoms with van der Waals surface area (Å²) in [6.45, 7) is 8.63. The number of hydrogen-bond donors (Lipinski definition) is 7. The van der Waals surface area contributed by atoms with Gasteiger partial charge < -0.3 is 41.7 Å². The van der Waals surface area contributed by atoms with Gasteiger partial charge in [0.2, 0.25) is 23.6 Å². The SMILES string of the molecule is CNC(=O)c1nnc(NC(=O)C2CC2)cc1Nc1cccc(-c2ncn(CCNC(=O)CCCCCCCC(=O)N[C@H](C(=O)C3C[C@H](O)C[C@H]3C(=O)NCc3ccc(-c4scnc4C)cc3)C(C)(C)C)n2)c1OC. The number of unbranched alkanes of at least 4 members (excludes halogenated alkanes) is 4. The lowest BCUT2D eigenvalue weighted by atomic mass is 9.77. The lowest BCUT2D eigenvalue weighted by Crippen LogP contribution is -2.52. The van der Waals surface area contributed by atoms with Gasteiger partial charge in [-0.3, -0.25) is 33.4 Å². The number of Topliss-reactive ketones (excluding diaryl/α,β-unsaturated/α-hetero) is 1. The van der Waals surface area contributed by atoms with Crippen LogP contribution >= 0.6 is 11.3 Å². The quantitative estimate of drug-likeness (QED) is 0.0317. The molecule has 3 aromatic heterocycles. The van der Waals surface area contributed by atoms with Crippen LogP contribution in [0.15, 0.2) is 60.4 Å². The van der Waals surface area contributed by atoms with Gasteiger partial charge in [-0.2, -0.15) is 5.10 Å². The van der Waals surface area contributed by atoms with E-state index < -0.39 is 35.3 Å². The average molecular weight is 1030 g/mol. The number of aromatic nitrogens is 6. The van der Waals surface area contributed by atoms with E-state index in [2.05, 4.69) is 57.2 Å². The number of methoxy groups -OCH3 is 1. The van der Waals surface area contributed by atoms with E-state index in [9.17, 15) is 33.9 Å². The minimum atomic E-state index is -0.829. The number of aliphatic hydroxyl groups is 1. The van der Waals surface area contributed by atoms with Gasteiger partial charge >= 0.3 is 0 Å². The molecular formula is C53H68N12O8S. The first-order valence-corrected chi connectivity index (χ1v) is 26.2. The molecule has 2 fully saturated rings. The number of hydrogen-bond acceptors (Lipinski definition) is 15. The number of nitrogens with zero attached hydrogens (tertiary/aromatic N) is 6. The molecule has 7 rings (SSSR count). The molecule has 5 amide bonds. The summed E-state index contributed by atoms with van der Waals surface area (Å²) in [6.07, 6.45) is 7.11. The maximum Gasteiger partial charge on any atom is 0.273 e. The molecule has 7 N–H and O–H groups in total. The Morgan fingerprint density at radius 1 is 0.865 bits per heavy atom. The minimum Gasteiger partial charge on any atom is -0.494 e. The molecule has 3 heterocycles. The summed E-state index contributed by atoms with van der Waals surface area (Å²) in [7, 11) is 2.99. The van der Waals surface area contributed by atoms with Crippen LogP contribution < -0.4 is 36.6 Å². The lowest BCUT2D eigenvalue weighted by molar-refractivity contribution is -0.137. The van der Waals surface area contributed by atoms with Gasteiger partial charge in [0, 0.05) is 50.9 Å². The number of benzene rings is 2. The molecule has 394 valence electrons. The second-order valence-electron chi connectivity index (χ2n) is 20.1. The summed E-state index contributed by atoms with van der Waals surface area (Å²) in [5.41, 5.74) is 5.52. The largest absolute Gasteiger partial charge is 0.494 e. The fourth-order valence-electron chi connectivity index (χ4n) is 9.06. The second-order valence-corrected chi connectivity index (χ2v) is 20.9. The van der Waals surface area contributed by atoms with Crippen molar-refractivity contribution < 1.29 is 38.6 Å². The van der Waals surface area contributed by atoms with Gasteiger partial charge in [-0.25, -0.2) is 9.97 Å². The van der Waals surface area contributed by atoms with Gasteiger partial charge in [0.1, 0.15) is 6.33 Å². The minimum absolute atomic E-state index is 0.0208. The fraction of sp³-hybridized carbons (Fsp3) is 0.491. The topological polar surface area (TPSA) is 273 Å². The number of thiazole rings is 1. The molecule has 4 atom stereocenters. The molecule has 2 aliphatic rings. The highest BCUT2D eigenvalue weighted by Crippen LogP contribution is 2.39. The zero-order valence-corrected chi connectivity index (χ0v) is 43.8. The van der Waals surface area contributed by atoms with E-state index in [-0.39, 0.29) is 72.6 Å². The van der Waals surface area contributed by atoms with Crippen molar-refractivity contribution in [1.82, 2.24) is 51.2 Å². The number of para-hydroxylation sites is 1. The Bertz CT molecular complexity index is 2790. The number of aryl methyl sites for hydroxylation is 1. The van der Waals surface area contributed by atoms with Crippen LogP contribution in [-0.2, 0) is 37.1 Å². The van der Waals surface area contributed by atoms with Gasteiger partial charge in [-0.05, 0) is 74.1 Å². The summed E-state index contributed by atoms with van der Waals surface area (Å²) in [5.74, 6) is -1.95. The molecule has 0 saturated heterocycles. The van der Waals surface area contributed by atoms with Crippen molar-refractivity contribution in [1.29, 1.82) is 0 Å². The van der Waals surface area contributed by atoms with Crippen LogP contribution in [0, 0.1) is 30.1 Å². The van der Waals surface area contributed by atoms with Crippen molar-refractivity contribution in [3.8, 4) is 27.6 Å². The highest BCUT2D eigenvalue weighted by molar-refractivity contribution is 7.13. The molecule has 0 spiro atoms. The Morgan fingerprint density at radius 3 is 2.26 bits per heavy atom. The third-order valence-corrected chi connectivity index (χ3v) is 14.3. The summed E-state index contributed by atoms with van der Waals surface area (Å²) >= 11 is 1.58. The summed E-state index contributed by atoms with van der Waals surface area (Å²) < 4.78 is 7.41. The van der Waals surface area contributed by atoms with Crippen molar-refractivity contribution in [2.24, 2.45) is 23.2 Å². The number of ether oxygens (including phenoxy) is 1. The average Bonchev–Trinajstić information content (AvgIpc) is 3.77. The lowest BCUT2D eigenvalue weighted by Gasteiger charge is -2.33. The molecule has 2 aromatic carbocycles. The van der Waals surface area contributed by atoms with Crippen molar-refractivity contribution in [3.63, 3.8) is 0 Å². The van der Waals surface area contributed by atoms with E-state index in [4.69, 9.17) is 4.74 Å². The van der Waals surface area contributed by atoms with E-state index in [0.717, 1.165) is 53.8 Å².